The van der Waals surface area contributed by atoms with E-state index >= 15 is 0 Å². The normalized spacial score (nSPS) is 17.9. The number of para-hydroxylation sites is 1. The van der Waals surface area contributed by atoms with Gasteiger partial charge in [0, 0.05) is 32.0 Å². The summed E-state index contributed by atoms with van der Waals surface area (Å²) >= 11 is 1.80. The smallest absolute Gasteiger partial charge is 0.116 e. The molecule has 0 radical (unpaired) electrons. The van der Waals surface area contributed by atoms with E-state index < -0.39 is 0 Å². The molecule has 1 aromatic carbocycles. The Labute approximate surface area is 140 Å². The first kappa shape index (κ1) is 14.8. The molecule has 1 unspecified atom stereocenters. The van der Waals surface area contributed by atoms with Gasteiger partial charge in [0.2, 0.25) is 0 Å². The van der Waals surface area contributed by atoms with Crippen LogP contribution < -0.4 is 5.32 Å². The van der Waals surface area contributed by atoms with Gasteiger partial charge in [0.1, 0.15) is 5.01 Å². The number of aromatic nitrogens is 2. The zero-order chi connectivity index (χ0) is 15.5. The summed E-state index contributed by atoms with van der Waals surface area (Å²) in [6.45, 7) is 4.25. The van der Waals surface area contributed by atoms with Crippen LogP contribution >= 0.6 is 11.3 Å². The first-order valence-corrected chi connectivity index (χ1v) is 8.93. The highest BCUT2D eigenvalue weighted by Crippen LogP contribution is 2.34. The zero-order valence-electron chi connectivity index (χ0n) is 13.0. The number of thiazole rings is 1. The Morgan fingerprint density at radius 2 is 2.04 bits per heavy atom. The SMILES string of the molecule is c1cncc(C(c2nc3ccccc3s2)N2CCCNCC2)c1. The van der Waals surface area contributed by atoms with E-state index in [1.165, 1.54) is 21.7 Å². The number of nitrogens with zero attached hydrogens (tertiary/aromatic N) is 3. The number of rotatable bonds is 3. The molecule has 1 saturated heterocycles. The average molecular weight is 324 g/mol. The number of benzene rings is 1. The Morgan fingerprint density at radius 1 is 1.09 bits per heavy atom. The molecule has 1 atom stereocenters. The van der Waals surface area contributed by atoms with Crippen LogP contribution in [0.2, 0.25) is 0 Å². The molecule has 0 spiro atoms. The summed E-state index contributed by atoms with van der Waals surface area (Å²) in [6.07, 6.45) is 4.99. The van der Waals surface area contributed by atoms with Gasteiger partial charge in [0.05, 0.1) is 16.3 Å². The minimum atomic E-state index is 0.195. The van der Waals surface area contributed by atoms with Crippen LogP contribution in [0.4, 0.5) is 0 Å². The third-order valence-electron chi connectivity index (χ3n) is 4.28. The molecule has 3 heterocycles. The van der Waals surface area contributed by atoms with Crippen molar-refractivity contribution < 1.29 is 0 Å². The Hall–Kier alpha value is -1.82. The quantitative estimate of drug-likeness (QED) is 0.804. The maximum Gasteiger partial charge on any atom is 0.116 e. The first-order valence-electron chi connectivity index (χ1n) is 8.12. The van der Waals surface area contributed by atoms with Crippen LogP contribution in [0.15, 0.2) is 48.8 Å². The van der Waals surface area contributed by atoms with Crippen molar-refractivity contribution >= 4 is 21.6 Å². The van der Waals surface area contributed by atoms with Crippen molar-refractivity contribution in [3.63, 3.8) is 0 Å². The Morgan fingerprint density at radius 3 is 2.91 bits per heavy atom. The van der Waals surface area contributed by atoms with Crippen molar-refractivity contribution in [1.82, 2.24) is 20.2 Å². The molecule has 1 aliphatic heterocycles. The lowest BCUT2D eigenvalue weighted by Gasteiger charge is -2.29. The number of hydrogen-bond acceptors (Lipinski definition) is 5. The highest BCUT2D eigenvalue weighted by atomic mass is 32.1. The van der Waals surface area contributed by atoms with Gasteiger partial charge >= 0.3 is 0 Å². The standard InChI is InChI=1S/C18H20N4S/c1-2-7-16-15(6-1)21-18(23-16)17(14-5-3-8-20-13-14)22-11-4-9-19-10-12-22/h1-3,5-8,13,17,19H,4,9-12H2. The van der Waals surface area contributed by atoms with Crippen molar-refractivity contribution in [2.45, 2.75) is 12.5 Å². The molecule has 1 N–H and O–H groups in total. The monoisotopic (exact) mass is 324 g/mol. The van der Waals surface area contributed by atoms with Crippen molar-refractivity contribution in [3.05, 3.63) is 59.4 Å². The fourth-order valence-corrected chi connectivity index (χ4v) is 4.31. The number of fused-ring (bicyclic) bond motifs is 1. The molecule has 118 valence electrons. The number of hydrogen-bond donors (Lipinski definition) is 1. The average Bonchev–Trinajstić information content (AvgIpc) is 2.83. The van der Waals surface area contributed by atoms with Crippen LogP contribution in [0.5, 0.6) is 0 Å². The summed E-state index contributed by atoms with van der Waals surface area (Å²) in [7, 11) is 0. The second-order valence-corrected chi connectivity index (χ2v) is 6.91. The lowest BCUT2D eigenvalue weighted by atomic mass is 10.1. The second kappa shape index (κ2) is 6.74. The van der Waals surface area contributed by atoms with Gasteiger partial charge in [-0.15, -0.1) is 11.3 Å². The minimum Gasteiger partial charge on any atom is -0.315 e. The summed E-state index contributed by atoms with van der Waals surface area (Å²) in [6, 6.07) is 12.8. The van der Waals surface area contributed by atoms with Crippen LogP contribution in [0.3, 0.4) is 0 Å². The summed E-state index contributed by atoms with van der Waals surface area (Å²) in [4.78, 5) is 11.8. The van der Waals surface area contributed by atoms with Gasteiger partial charge in [-0.1, -0.05) is 18.2 Å². The molecule has 2 aromatic heterocycles. The molecule has 0 amide bonds. The highest BCUT2D eigenvalue weighted by molar-refractivity contribution is 7.18. The predicted molar refractivity (Wildman–Crippen MR) is 94.8 cm³/mol. The zero-order valence-corrected chi connectivity index (χ0v) is 13.8. The van der Waals surface area contributed by atoms with Gasteiger partial charge in [-0.05, 0) is 36.7 Å². The first-order chi connectivity index (χ1) is 11.4. The minimum absolute atomic E-state index is 0.195. The fourth-order valence-electron chi connectivity index (χ4n) is 3.18. The van der Waals surface area contributed by atoms with Gasteiger partial charge in [-0.25, -0.2) is 4.98 Å². The molecule has 4 rings (SSSR count). The van der Waals surface area contributed by atoms with Gasteiger partial charge in [-0.3, -0.25) is 9.88 Å². The molecule has 0 bridgehead atoms. The van der Waals surface area contributed by atoms with Crippen molar-refractivity contribution in [1.29, 1.82) is 0 Å². The van der Waals surface area contributed by atoms with Crippen LogP contribution in [-0.4, -0.2) is 41.0 Å². The van der Waals surface area contributed by atoms with Gasteiger partial charge in [-0.2, -0.15) is 0 Å². The molecule has 3 aromatic rings. The fraction of sp³-hybridized carbons (Fsp3) is 0.333. The molecule has 0 aliphatic carbocycles. The lowest BCUT2D eigenvalue weighted by Crippen LogP contribution is -2.33. The Bertz CT molecular complexity index is 730. The molecule has 0 saturated carbocycles. The summed E-state index contributed by atoms with van der Waals surface area (Å²) < 4.78 is 1.25. The van der Waals surface area contributed by atoms with Crippen molar-refractivity contribution in [3.8, 4) is 0 Å². The van der Waals surface area contributed by atoms with Gasteiger partial charge in [0.25, 0.3) is 0 Å². The maximum atomic E-state index is 4.92. The number of nitrogens with one attached hydrogen (secondary N) is 1. The summed E-state index contributed by atoms with van der Waals surface area (Å²) in [5.41, 5.74) is 2.32. The van der Waals surface area contributed by atoms with Crippen LogP contribution in [0.1, 0.15) is 23.0 Å². The van der Waals surface area contributed by atoms with Crippen molar-refractivity contribution in [2.75, 3.05) is 26.2 Å². The van der Waals surface area contributed by atoms with Crippen molar-refractivity contribution in [2.24, 2.45) is 0 Å². The molecular formula is C18H20N4S. The van der Waals surface area contributed by atoms with E-state index in [0.717, 1.165) is 31.7 Å². The largest absolute Gasteiger partial charge is 0.315 e. The molecule has 1 fully saturated rings. The van der Waals surface area contributed by atoms with E-state index in [1.807, 2.05) is 18.5 Å². The summed E-state index contributed by atoms with van der Waals surface area (Å²) in [5, 5.41) is 4.65. The summed E-state index contributed by atoms with van der Waals surface area (Å²) in [5.74, 6) is 0. The molecule has 23 heavy (non-hydrogen) atoms. The topological polar surface area (TPSA) is 41.1 Å². The third-order valence-corrected chi connectivity index (χ3v) is 5.37. The molecular weight excluding hydrogens is 304 g/mol. The highest BCUT2D eigenvalue weighted by Gasteiger charge is 2.26. The van der Waals surface area contributed by atoms with Crippen LogP contribution in [0.25, 0.3) is 10.2 Å². The molecule has 1 aliphatic rings. The molecule has 5 heteroatoms. The van der Waals surface area contributed by atoms with Gasteiger partial charge in [0.15, 0.2) is 0 Å². The van der Waals surface area contributed by atoms with E-state index in [2.05, 4.69) is 45.5 Å². The van der Waals surface area contributed by atoms with Crippen LogP contribution in [0, 0.1) is 0 Å². The molecule has 4 nitrogen and oxygen atoms in total. The van der Waals surface area contributed by atoms with Gasteiger partial charge < -0.3 is 5.32 Å². The lowest BCUT2D eigenvalue weighted by molar-refractivity contribution is 0.240. The predicted octanol–water partition coefficient (Wildman–Crippen LogP) is 3.08. The Kier molecular flexibility index (Phi) is 4.33. The van der Waals surface area contributed by atoms with E-state index in [-0.39, 0.29) is 6.04 Å². The van der Waals surface area contributed by atoms with E-state index in [0.29, 0.717) is 0 Å². The van der Waals surface area contributed by atoms with E-state index in [1.54, 1.807) is 11.3 Å². The van der Waals surface area contributed by atoms with E-state index in [9.17, 15) is 0 Å². The second-order valence-electron chi connectivity index (χ2n) is 5.85. The Balaban J connectivity index is 1.77. The van der Waals surface area contributed by atoms with E-state index in [4.69, 9.17) is 4.98 Å². The van der Waals surface area contributed by atoms with Crippen LogP contribution in [-0.2, 0) is 0 Å². The number of pyridine rings is 1. The maximum absolute atomic E-state index is 4.92. The third kappa shape index (κ3) is 3.13.